The topological polar surface area (TPSA) is 63.8 Å². The minimum Gasteiger partial charge on any atom is -0.396 e. The highest BCUT2D eigenvalue weighted by atomic mass is 35.5. The van der Waals surface area contributed by atoms with Gasteiger partial charge in [0.1, 0.15) is 6.33 Å². The molecule has 178 valence electrons. The molecule has 5 nitrogen and oxygen atoms in total. The molecule has 0 aliphatic heterocycles. The first-order chi connectivity index (χ1) is 17.3. The summed E-state index contributed by atoms with van der Waals surface area (Å²) < 4.78 is 2.17. The van der Waals surface area contributed by atoms with E-state index in [0.717, 1.165) is 65.8 Å². The molecule has 7 heteroatoms. The second-order valence-corrected chi connectivity index (χ2v) is 9.52. The number of aromatic nitrogens is 4. The number of hydrogen-bond donors (Lipinski definition) is 1. The molecular weight excluding hydrogens is 476 g/mol. The third-order valence-electron chi connectivity index (χ3n) is 5.40. The Morgan fingerprint density at radius 2 is 1.83 bits per heavy atom. The van der Waals surface area contributed by atoms with Crippen LogP contribution in [-0.4, -0.2) is 42.7 Å². The number of thioether (sulfide) groups is 1. The molecule has 0 bridgehead atoms. The van der Waals surface area contributed by atoms with Gasteiger partial charge >= 0.3 is 0 Å². The number of aryl methyl sites for hydroxylation is 1. The van der Waals surface area contributed by atoms with Crippen LogP contribution < -0.4 is 0 Å². The molecule has 0 fully saturated rings. The van der Waals surface area contributed by atoms with Gasteiger partial charge < -0.3 is 9.67 Å². The summed E-state index contributed by atoms with van der Waals surface area (Å²) in [5, 5.41) is 9.62. The molecule has 0 saturated carbocycles. The lowest BCUT2D eigenvalue weighted by atomic mass is 10.1. The van der Waals surface area contributed by atoms with Crippen LogP contribution in [0.15, 0.2) is 73.2 Å². The third kappa shape index (κ3) is 6.95. The monoisotopic (exact) mass is 502 g/mol. The summed E-state index contributed by atoms with van der Waals surface area (Å²) in [5.41, 5.74) is 4.77. The summed E-state index contributed by atoms with van der Waals surface area (Å²) in [5.74, 6) is 9.11. The van der Waals surface area contributed by atoms with Gasteiger partial charge in [0.2, 0.25) is 0 Å². The maximum absolute atomic E-state index is 8.94. The number of imidazole rings is 1. The Morgan fingerprint density at radius 3 is 2.57 bits per heavy atom. The first-order valence-corrected chi connectivity index (χ1v) is 13.1. The molecule has 0 saturated heterocycles. The van der Waals surface area contributed by atoms with Crippen molar-refractivity contribution in [3.05, 3.63) is 89.6 Å². The molecule has 2 aromatic heterocycles. The molecule has 0 spiro atoms. The van der Waals surface area contributed by atoms with Crippen molar-refractivity contribution in [2.45, 2.75) is 25.8 Å². The predicted molar refractivity (Wildman–Crippen MR) is 144 cm³/mol. The lowest BCUT2D eigenvalue weighted by Gasteiger charge is -2.11. The maximum Gasteiger partial charge on any atom is 0.186 e. The molecule has 4 aromatic rings. The summed E-state index contributed by atoms with van der Waals surface area (Å²) in [6, 6.07) is 20.0. The van der Waals surface area contributed by atoms with Gasteiger partial charge in [-0.2, -0.15) is 11.8 Å². The maximum atomic E-state index is 8.94. The Bertz CT molecular complexity index is 1270. The average Bonchev–Trinajstić information content (AvgIpc) is 3.26. The van der Waals surface area contributed by atoms with Crippen LogP contribution >= 0.6 is 23.4 Å². The SMILES string of the molecule is OCCSCCCC#Cc1nc(-c2ccc(Cl)cc2)c(-c2ccncn2)n1CCc1ccccc1. The van der Waals surface area contributed by atoms with E-state index in [1.807, 2.05) is 36.4 Å². The zero-order valence-electron chi connectivity index (χ0n) is 19.4. The highest BCUT2D eigenvalue weighted by molar-refractivity contribution is 7.99. The van der Waals surface area contributed by atoms with Crippen molar-refractivity contribution >= 4 is 23.4 Å². The van der Waals surface area contributed by atoms with E-state index in [1.165, 1.54) is 5.56 Å². The van der Waals surface area contributed by atoms with Crippen LogP contribution in [-0.2, 0) is 13.0 Å². The van der Waals surface area contributed by atoms with E-state index in [0.29, 0.717) is 5.02 Å². The number of unbranched alkanes of at least 4 members (excludes halogenated alkanes) is 1. The second kappa shape index (κ2) is 13.1. The fourth-order valence-electron chi connectivity index (χ4n) is 3.72. The van der Waals surface area contributed by atoms with E-state index in [1.54, 1.807) is 24.3 Å². The Hall–Kier alpha value is -3.11. The molecule has 0 aliphatic rings. The zero-order valence-corrected chi connectivity index (χ0v) is 21.0. The molecule has 2 heterocycles. The van der Waals surface area contributed by atoms with Gasteiger partial charge in [0.25, 0.3) is 0 Å². The number of halogens is 1. The van der Waals surface area contributed by atoms with Crippen molar-refractivity contribution in [2.24, 2.45) is 0 Å². The fourth-order valence-corrected chi connectivity index (χ4v) is 4.53. The van der Waals surface area contributed by atoms with E-state index >= 15 is 0 Å². The van der Waals surface area contributed by atoms with Gasteiger partial charge in [-0.05, 0) is 48.3 Å². The molecule has 0 amide bonds. The Kier molecular flexibility index (Phi) is 9.36. The Labute approximate surface area is 215 Å². The molecule has 2 aromatic carbocycles. The Morgan fingerprint density at radius 1 is 1.00 bits per heavy atom. The van der Waals surface area contributed by atoms with Crippen LogP contribution in [0.4, 0.5) is 0 Å². The van der Waals surface area contributed by atoms with Crippen LogP contribution in [0.25, 0.3) is 22.6 Å². The molecule has 4 rings (SSSR count). The Balaban J connectivity index is 1.72. The van der Waals surface area contributed by atoms with Crippen molar-refractivity contribution in [1.82, 2.24) is 19.5 Å². The van der Waals surface area contributed by atoms with Crippen molar-refractivity contribution in [1.29, 1.82) is 0 Å². The van der Waals surface area contributed by atoms with Gasteiger partial charge in [0, 0.05) is 35.5 Å². The normalized spacial score (nSPS) is 10.7. The quantitative estimate of drug-likeness (QED) is 0.220. The van der Waals surface area contributed by atoms with Crippen molar-refractivity contribution < 1.29 is 5.11 Å². The van der Waals surface area contributed by atoms with Crippen LogP contribution in [0, 0.1) is 11.8 Å². The van der Waals surface area contributed by atoms with Gasteiger partial charge in [0.05, 0.1) is 23.7 Å². The molecule has 0 aliphatic carbocycles. The van der Waals surface area contributed by atoms with Gasteiger partial charge in [-0.15, -0.1) is 0 Å². The summed E-state index contributed by atoms with van der Waals surface area (Å²) in [4.78, 5) is 13.6. The average molecular weight is 503 g/mol. The van der Waals surface area contributed by atoms with Crippen LogP contribution in [0.2, 0.25) is 5.02 Å². The van der Waals surface area contributed by atoms with Gasteiger partial charge in [-0.3, -0.25) is 0 Å². The molecule has 35 heavy (non-hydrogen) atoms. The summed E-state index contributed by atoms with van der Waals surface area (Å²) in [7, 11) is 0. The van der Waals surface area contributed by atoms with Crippen molar-refractivity contribution in [3.63, 3.8) is 0 Å². The number of benzene rings is 2. The molecule has 1 N–H and O–H groups in total. The second-order valence-electron chi connectivity index (χ2n) is 7.86. The molecular formula is C28H27ClN4OS. The van der Waals surface area contributed by atoms with Crippen molar-refractivity contribution in [2.75, 3.05) is 18.1 Å². The fraction of sp³-hybridized carbons (Fsp3) is 0.250. The molecule has 0 radical (unpaired) electrons. The van der Waals surface area contributed by atoms with E-state index in [2.05, 4.69) is 50.6 Å². The highest BCUT2D eigenvalue weighted by Gasteiger charge is 2.20. The largest absolute Gasteiger partial charge is 0.396 e. The van der Waals surface area contributed by atoms with Crippen LogP contribution in [0.1, 0.15) is 24.2 Å². The smallest absolute Gasteiger partial charge is 0.186 e. The molecule has 0 atom stereocenters. The van der Waals surface area contributed by atoms with Gasteiger partial charge in [-0.1, -0.05) is 60.0 Å². The lowest BCUT2D eigenvalue weighted by molar-refractivity contribution is 0.322. The number of nitrogens with zero attached hydrogens (tertiary/aromatic N) is 4. The number of hydrogen-bond acceptors (Lipinski definition) is 5. The highest BCUT2D eigenvalue weighted by Crippen LogP contribution is 2.32. The van der Waals surface area contributed by atoms with E-state index in [-0.39, 0.29) is 6.61 Å². The number of aliphatic hydroxyl groups is 1. The summed E-state index contributed by atoms with van der Waals surface area (Å²) in [6.45, 7) is 0.939. The first kappa shape index (κ1) is 25.0. The lowest BCUT2D eigenvalue weighted by Crippen LogP contribution is -2.07. The van der Waals surface area contributed by atoms with Crippen molar-refractivity contribution in [3.8, 4) is 34.5 Å². The zero-order chi connectivity index (χ0) is 24.3. The van der Waals surface area contributed by atoms with E-state index in [9.17, 15) is 0 Å². The van der Waals surface area contributed by atoms with Crippen LogP contribution in [0.3, 0.4) is 0 Å². The van der Waals surface area contributed by atoms with E-state index in [4.69, 9.17) is 21.7 Å². The summed E-state index contributed by atoms with van der Waals surface area (Å²) >= 11 is 7.90. The third-order valence-corrected chi connectivity index (χ3v) is 6.70. The van der Waals surface area contributed by atoms with Crippen LogP contribution in [0.5, 0.6) is 0 Å². The van der Waals surface area contributed by atoms with E-state index < -0.39 is 0 Å². The van der Waals surface area contributed by atoms with Gasteiger partial charge in [0.15, 0.2) is 5.82 Å². The van der Waals surface area contributed by atoms with Gasteiger partial charge in [-0.25, -0.2) is 15.0 Å². The number of aliphatic hydroxyl groups excluding tert-OH is 1. The standard InChI is InChI=1S/C28H27ClN4OS/c29-24-12-10-23(11-13-24)27-28(25-14-16-30-21-31-25)33(17-15-22-7-3-1-4-8-22)26(32-27)9-5-2-6-19-35-20-18-34/h1,3-4,7-8,10-14,16,21,34H,2,6,15,17-20H2. The molecule has 0 unspecified atom stereocenters. The minimum absolute atomic E-state index is 0.217. The first-order valence-electron chi connectivity index (χ1n) is 11.6. The number of rotatable bonds is 10. The predicted octanol–water partition coefficient (Wildman–Crippen LogP) is 5.76. The minimum atomic E-state index is 0.217. The summed E-state index contributed by atoms with van der Waals surface area (Å²) in [6.07, 6.45) is 5.92.